The first-order valence-electron chi connectivity index (χ1n) is 11.4. The topological polar surface area (TPSA) is 64.5 Å². The van der Waals surface area contributed by atoms with E-state index in [0.29, 0.717) is 17.2 Å². The van der Waals surface area contributed by atoms with Crippen molar-refractivity contribution in [3.8, 4) is 23.3 Å². The fourth-order valence-electron chi connectivity index (χ4n) is 4.49. The Morgan fingerprint density at radius 3 is 2.65 bits per heavy atom. The van der Waals surface area contributed by atoms with Gasteiger partial charge in [-0.05, 0) is 60.7 Å². The number of fused-ring (bicyclic) bond motifs is 1. The Morgan fingerprint density at radius 2 is 1.88 bits per heavy atom. The molecule has 3 heterocycles. The molecule has 0 unspecified atom stereocenters. The zero-order valence-corrected chi connectivity index (χ0v) is 18.9. The van der Waals surface area contributed by atoms with Crippen molar-refractivity contribution in [2.24, 2.45) is 0 Å². The van der Waals surface area contributed by atoms with Crippen LogP contribution in [-0.4, -0.2) is 34.9 Å². The van der Waals surface area contributed by atoms with E-state index >= 15 is 0 Å². The van der Waals surface area contributed by atoms with Crippen molar-refractivity contribution in [1.29, 1.82) is 0 Å². The maximum absolute atomic E-state index is 14.2. The molecule has 1 saturated heterocycles. The summed E-state index contributed by atoms with van der Waals surface area (Å²) < 4.78 is 25.5. The highest BCUT2D eigenvalue weighted by Crippen LogP contribution is 2.41. The van der Waals surface area contributed by atoms with E-state index in [1.807, 2.05) is 24.3 Å². The van der Waals surface area contributed by atoms with Gasteiger partial charge in [0.2, 0.25) is 0 Å². The lowest BCUT2D eigenvalue weighted by atomic mass is 9.83. The third-order valence-corrected chi connectivity index (χ3v) is 6.30. The van der Waals surface area contributed by atoms with Crippen LogP contribution in [0.1, 0.15) is 43.0 Å². The highest BCUT2D eigenvalue weighted by atomic mass is 19.1. The molecule has 0 aliphatic carbocycles. The van der Waals surface area contributed by atoms with Crippen LogP contribution >= 0.6 is 0 Å². The fourth-order valence-corrected chi connectivity index (χ4v) is 4.49. The van der Waals surface area contributed by atoms with E-state index in [9.17, 15) is 9.18 Å². The number of para-hydroxylation sites is 1. The number of nitrogens with zero attached hydrogens (tertiary/aromatic N) is 3. The minimum atomic E-state index is -0.373. The van der Waals surface area contributed by atoms with Gasteiger partial charge in [-0.1, -0.05) is 24.1 Å². The molecule has 5 rings (SSSR count). The summed E-state index contributed by atoms with van der Waals surface area (Å²) in [6.45, 7) is 2.90. The summed E-state index contributed by atoms with van der Waals surface area (Å²) in [7, 11) is 0. The van der Waals surface area contributed by atoms with Crippen LogP contribution in [0.3, 0.4) is 0 Å². The summed E-state index contributed by atoms with van der Waals surface area (Å²) in [6, 6.07) is 15.9. The van der Waals surface area contributed by atoms with Crippen LogP contribution in [0, 0.1) is 17.7 Å². The first-order valence-corrected chi connectivity index (χ1v) is 11.4. The summed E-state index contributed by atoms with van der Waals surface area (Å²) >= 11 is 0. The average Bonchev–Trinajstić information content (AvgIpc) is 2.84. The second-order valence-corrected chi connectivity index (χ2v) is 8.65. The van der Waals surface area contributed by atoms with Gasteiger partial charge in [0.1, 0.15) is 17.0 Å². The molecule has 172 valence electrons. The molecule has 0 atom stereocenters. The Labute approximate surface area is 197 Å². The summed E-state index contributed by atoms with van der Waals surface area (Å²) in [6.07, 6.45) is 3.35. The van der Waals surface area contributed by atoms with Gasteiger partial charge in [-0.2, -0.15) is 0 Å². The predicted molar refractivity (Wildman–Crippen MR) is 125 cm³/mol. The summed E-state index contributed by atoms with van der Waals surface area (Å²) in [5.74, 6) is 7.03. The monoisotopic (exact) mass is 457 g/mol. The molecule has 0 radical (unpaired) electrons. The van der Waals surface area contributed by atoms with E-state index in [1.54, 1.807) is 24.3 Å². The number of halogens is 1. The summed E-state index contributed by atoms with van der Waals surface area (Å²) in [5, 5.41) is 8.61. The van der Waals surface area contributed by atoms with Gasteiger partial charge in [0.15, 0.2) is 17.4 Å². The van der Waals surface area contributed by atoms with Gasteiger partial charge in [0.25, 0.3) is 0 Å². The van der Waals surface area contributed by atoms with Gasteiger partial charge < -0.3 is 14.4 Å². The molecule has 2 aromatic carbocycles. The van der Waals surface area contributed by atoms with E-state index in [2.05, 4.69) is 26.9 Å². The number of carbonyl (C=O) groups is 1. The number of anilines is 1. The molecule has 2 aliphatic rings. The van der Waals surface area contributed by atoms with E-state index in [1.165, 1.54) is 13.0 Å². The third-order valence-electron chi connectivity index (χ3n) is 6.30. The fraction of sp³-hybridized carbons (Fsp3) is 0.296. The number of aryl methyl sites for hydroxylation is 1. The van der Waals surface area contributed by atoms with Crippen LogP contribution < -0.4 is 14.4 Å². The van der Waals surface area contributed by atoms with Crippen LogP contribution in [0.5, 0.6) is 11.5 Å². The minimum Gasteiger partial charge on any atom is -0.484 e. The first kappa shape index (κ1) is 21.9. The van der Waals surface area contributed by atoms with Gasteiger partial charge in [0, 0.05) is 38.4 Å². The second-order valence-electron chi connectivity index (χ2n) is 8.65. The number of carbonyl (C=O) groups excluding carboxylic acids is 1. The molecule has 6 nitrogen and oxygen atoms in total. The SMILES string of the molecule is CC(=O)Oc1cccc(C#Cc2ccc(N3CCC4(CCc5cccc(F)c5O4)CC3)nn2)c1. The van der Waals surface area contributed by atoms with Crippen molar-refractivity contribution >= 4 is 11.8 Å². The molecule has 2 aliphatic heterocycles. The summed E-state index contributed by atoms with van der Waals surface area (Å²) in [4.78, 5) is 13.3. The maximum atomic E-state index is 14.2. The molecule has 0 N–H and O–H groups in total. The predicted octanol–water partition coefficient (Wildman–Crippen LogP) is 4.31. The van der Waals surface area contributed by atoms with Gasteiger partial charge in [-0.15, -0.1) is 10.2 Å². The molecular formula is C27H24FN3O3. The highest BCUT2D eigenvalue weighted by molar-refractivity contribution is 5.69. The van der Waals surface area contributed by atoms with Crippen molar-refractivity contribution in [3.63, 3.8) is 0 Å². The molecule has 0 saturated carbocycles. The molecule has 0 amide bonds. The molecule has 34 heavy (non-hydrogen) atoms. The normalized spacial score (nSPS) is 16.1. The van der Waals surface area contributed by atoms with Crippen LogP contribution in [0.15, 0.2) is 54.6 Å². The zero-order chi connectivity index (χ0) is 23.5. The van der Waals surface area contributed by atoms with E-state index in [-0.39, 0.29) is 17.4 Å². The van der Waals surface area contributed by atoms with E-state index in [4.69, 9.17) is 9.47 Å². The molecule has 1 fully saturated rings. The lowest BCUT2D eigenvalue weighted by molar-refractivity contribution is -0.131. The molecule has 0 bridgehead atoms. The van der Waals surface area contributed by atoms with Gasteiger partial charge in [0.05, 0.1) is 0 Å². The number of benzene rings is 2. The number of hydrogen-bond acceptors (Lipinski definition) is 6. The van der Waals surface area contributed by atoms with Crippen molar-refractivity contribution in [2.75, 3.05) is 18.0 Å². The quantitative estimate of drug-likeness (QED) is 0.325. The maximum Gasteiger partial charge on any atom is 0.308 e. The Balaban J connectivity index is 1.22. The standard InChI is InChI=1S/C27H24FN3O3/c1-19(32)33-23-6-2-4-20(18-23)8-9-22-10-11-25(30-29-22)31-16-14-27(15-17-31)13-12-21-5-3-7-24(28)26(21)34-27/h2-7,10-11,18H,12-17H2,1H3. The Hall–Kier alpha value is -3.92. The lowest BCUT2D eigenvalue weighted by Crippen LogP contribution is -2.50. The molecule has 1 aromatic heterocycles. The van der Waals surface area contributed by atoms with Crippen molar-refractivity contribution < 1.29 is 18.7 Å². The molecule has 7 heteroatoms. The van der Waals surface area contributed by atoms with Crippen LogP contribution in [0.2, 0.25) is 0 Å². The Kier molecular flexibility index (Phi) is 5.89. The van der Waals surface area contributed by atoms with Crippen LogP contribution in [0.4, 0.5) is 10.2 Å². The van der Waals surface area contributed by atoms with Crippen molar-refractivity contribution in [1.82, 2.24) is 10.2 Å². The largest absolute Gasteiger partial charge is 0.484 e. The number of ether oxygens (including phenoxy) is 2. The van der Waals surface area contributed by atoms with Gasteiger partial charge >= 0.3 is 5.97 Å². The molecule has 1 spiro atoms. The summed E-state index contributed by atoms with van der Waals surface area (Å²) in [5.41, 5.74) is 1.91. The number of aromatic nitrogens is 2. The second kappa shape index (κ2) is 9.14. The molecular weight excluding hydrogens is 433 g/mol. The molecule has 3 aromatic rings. The third kappa shape index (κ3) is 4.72. The zero-order valence-electron chi connectivity index (χ0n) is 18.9. The number of rotatable bonds is 2. The Morgan fingerprint density at radius 1 is 1.06 bits per heavy atom. The van der Waals surface area contributed by atoms with E-state index in [0.717, 1.165) is 55.7 Å². The van der Waals surface area contributed by atoms with Gasteiger partial charge in [-0.3, -0.25) is 4.79 Å². The van der Waals surface area contributed by atoms with Crippen molar-refractivity contribution in [2.45, 2.75) is 38.2 Å². The van der Waals surface area contributed by atoms with Gasteiger partial charge in [-0.25, -0.2) is 4.39 Å². The number of piperidine rings is 1. The number of hydrogen-bond donors (Lipinski definition) is 0. The number of esters is 1. The Bertz CT molecular complexity index is 1270. The highest BCUT2D eigenvalue weighted by Gasteiger charge is 2.40. The minimum absolute atomic E-state index is 0.278. The lowest BCUT2D eigenvalue weighted by Gasteiger charge is -2.44. The smallest absolute Gasteiger partial charge is 0.308 e. The first-order chi connectivity index (χ1) is 16.5. The average molecular weight is 458 g/mol. The van der Waals surface area contributed by atoms with Crippen LogP contribution in [0.25, 0.3) is 0 Å². The van der Waals surface area contributed by atoms with Crippen molar-refractivity contribution in [3.05, 3.63) is 77.2 Å². The van der Waals surface area contributed by atoms with Crippen LogP contribution in [-0.2, 0) is 11.2 Å². The van der Waals surface area contributed by atoms with E-state index < -0.39 is 0 Å².